The quantitative estimate of drug-likeness (QED) is 0.565. The Kier molecular flexibility index (Phi) is 4.06. The normalized spacial score (nSPS) is 11.0. The van der Waals surface area contributed by atoms with Crippen LogP contribution in [0.2, 0.25) is 0 Å². The van der Waals surface area contributed by atoms with Gasteiger partial charge in [-0.05, 0) is 25.5 Å². The predicted molar refractivity (Wildman–Crippen MR) is 89.3 cm³/mol. The highest BCUT2D eigenvalue weighted by Crippen LogP contribution is 2.32. The van der Waals surface area contributed by atoms with Crippen LogP contribution in [0.3, 0.4) is 0 Å². The van der Waals surface area contributed by atoms with Crippen LogP contribution in [0.1, 0.15) is 31.3 Å². The number of H-pyrrole nitrogens is 1. The third kappa shape index (κ3) is 2.92. The van der Waals surface area contributed by atoms with Crippen LogP contribution in [0, 0.1) is 17.0 Å². The predicted octanol–water partition coefficient (Wildman–Crippen LogP) is 4.18. The highest BCUT2D eigenvalue weighted by Gasteiger charge is 2.18. The number of benzene rings is 1. The third-order valence-corrected chi connectivity index (χ3v) is 3.87. The Morgan fingerprint density at radius 1 is 1.22 bits per heavy atom. The molecule has 6 heteroatoms. The molecular formula is C17H18N4O2. The molecule has 23 heavy (non-hydrogen) atoms. The monoisotopic (exact) mass is 310 g/mol. The fraction of sp³-hybridized carbons (Fsp3) is 0.294. The summed E-state index contributed by atoms with van der Waals surface area (Å²) in [5.41, 5.74) is 3.64. The summed E-state index contributed by atoms with van der Waals surface area (Å²) in [6.07, 6.45) is 3.05. The lowest BCUT2D eigenvalue weighted by Gasteiger charge is -2.06. The Morgan fingerprint density at radius 3 is 2.74 bits per heavy atom. The molecule has 2 heterocycles. The minimum absolute atomic E-state index is 0.0856. The molecule has 0 aliphatic heterocycles. The SMILES string of the molecule is CCCCc1nc2nc(C)c(-c3ccccc3[N+](=O)[O-])cc2[nH]1. The summed E-state index contributed by atoms with van der Waals surface area (Å²) in [5.74, 6) is 0.911. The van der Waals surface area contributed by atoms with Gasteiger partial charge >= 0.3 is 0 Å². The Balaban J connectivity index is 2.11. The Hall–Kier alpha value is -2.76. The highest BCUT2D eigenvalue weighted by molar-refractivity contribution is 5.83. The smallest absolute Gasteiger partial charge is 0.277 e. The van der Waals surface area contributed by atoms with E-state index in [1.54, 1.807) is 18.2 Å². The van der Waals surface area contributed by atoms with Crippen LogP contribution >= 0.6 is 0 Å². The maximum Gasteiger partial charge on any atom is 0.277 e. The molecule has 0 amide bonds. The lowest BCUT2D eigenvalue weighted by molar-refractivity contribution is -0.384. The zero-order valence-corrected chi connectivity index (χ0v) is 13.2. The fourth-order valence-corrected chi connectivity index (χ4v) is 2.68. The number of aryl methyl sites for hydroxylation is 2. The molecule has 0 radical (unpaired) electrons. The average Bonchev–Trinajstić information content (AvgIpc) is 2.93. The lowest BCUT2D eigenvalue weighted by atomic mass is 10.0. The summed E-state index contributed by atoms with van der Waals surface area (Å²) in [4.78, 5) is 23.2. The summed E-state index contributed by atoms with van der Waals surface area (Å²) in [5, 5.41) is 11.3. The summed E-state index contributed by atoms with van der Waals surface area (Å²) < 4.78 is 0. The second kappa shape index (κ2) is 6.16. The van der Waals surface area contributed by atoms with Gasteiger partial charge in [0.25, 0.3) is 5.69 Å². The number of imidazole rings is 1. The number of para-hydroxylation sites is 1. The Morgan fingerprint density at radius 2 is 2.00 bits per heavy atom. The zero-order chi connectivity index (χ0) is 16.4. The van der Waals surface area contributed by atoms with Crippen molar-refractivity contribution in [3.05, 3.63) is 52.0 Å². The van der Waals surface area contributed by atoms with Crippen LogP contribution in [0.4, 0.5) is 5.69 Å². The van der Waals surface area contributed by atoms with E-state index in [1.807, 2.05) is 13.0 Å². The van der Waals surface area contributed by atoms with Crippen molar-refractivity contribution in [2.24, 2.45) is 0 Å². The first-order valence-corrected chi connectivity index (χ1v) is 7.70. The molecule has 1 N–H and O–H groups in total. The number of pyridine rings is 1. The van der Waals surface area contributed by atoms with E-state index in [0.29, 0.717) is 11.2 Å². The number of hydrogen-bond donors (Lipinski definition) is 1. The number of nitro groups is 1. The van der Waals surface area contributed by atoms with Crippen molar-refractivity contribution in [2.75, 3.05) is 0 Å². The second-order valence-electron chi connectivity index (χ2n) is 5.55. The van der Waals surface area contributed by atoms with Crippen molar-refractivity contribution in [2.45, 2.75) is 33.1 Å². The van der Waals surface area contributed by atoms with Gasteiger partial charge in [-0.15, -0.1) is 0 Å². The molecule has 1 aromatic carbocycles. The first-order valence-electron chi connectivity index (χ1n) is 7.70. The van der Waals surface area contributed by atoms with Crippen LogP contribution in [0.25, 0.3) is 22.3 Å². The van der Waals surface area contributed by atoms with Crippen molar-refractivity contribution in [1.82, 2.24) is 15.0 Å². The Labute approximate surface area is 133 Å². The molecule has 6 nitrogen and oxygen atoms in total. The standard InChI is InChI=1S/C17H18N4O2/c1-3-4-9-16-19-14-10-13(11(2)18-17(14)20-16)12-7-5-6-8-15(12)21(22)23/h5-8,10H,3-4,9H2,1-2H3,(H,18,19,20). The van der Waals surface area contributed by atoms with Crippen LogP contribution in [-0.4, -0.2) is 19.9 Å². The molecule has 0 aliphatic carbocycles. The molecule has 0 saturated carbocycles. The summed E-state index contributed by atoms with van der Waals surface area (Å²) >= 11 is 0. The molecule has 0 saturated heterocycles. The average molecular weight is 310 g/mol. The van der Waals surface area contributed by atoms with E-state index >= 15 is 0 Å². The molecule has 0 fully saturated rings. The van der Waals surface area contributed by atoms with Gasteiger partial charge < -0.3 is 4.98 Å². The van der Waals surface area contributed by atoms with Crippen LogP contribution in [-0.2, 0) is 6.42 Å². The number of hydrogen-bond acceptors (Lipinski definition) is 4. The van der Waals surface area contributed by atoms with Gasteiger partial charge in [0.1, 0.15) is 5.82 Å². The molecule has 3 aromatic rings. The van der Waals surface area contributed by atoms with E-state index < -0.39 is 0 Å². The minimum Gasteiger partial charge on any atom is -0.341 e. The molecule has 0 aliphatic rings. The van der Waals surface area contributed by atoms with Gasteiger partial charge in [-0.3, -0.25) is 10.1 Å². The van der Waals surface area contributed by atoms with Gasteiger partial charge in [0, 0.05) is 23.7 Å². The van der Waals surface area contributed by atoms with Gasteiger partial charge in [-0.2, -0.15) is 0 Å². The molecule has 0 spiro atoms. The molecular weight excluding hydrogens is 292 g/mol. The first-order chi connectivity index (χ1) is 11.1. The first kappa shape index (κ1) is 15.1. The second-order valence-corrected chi connectivity index (χ2v) is 5.55. The topological polar surface area (TPSA) is 84.7 Å². The molecule has 0 unspecified atom stereocenters. The molecule has 3 rings (SSSR count). The van der Waals surface area contributed by atoms with Gasteiger partial charge in [0.2, 0.25) is 0 Å². The van der Waals surface area contributed by atoms with Gasteiger partial charge in [0.15, 0.2) is 5.65 Å². The van der Waals surface area contributed by atoms with E-state index in [9.17, 15) is 10.1 Å². The maximum absolute atomic E-state index is 11.3. The lowest BCUT2D eigenvalue weighted by Crippen LogP contribution is -1.95. The van der Waals surface area contributed by atoms with Gasteiger partial charge in [-0.1, -0.05) is 25.5 Å². The Bertz CT molecular complexity index is 870. The van der Waals surface area contributed by atoms with E-state index in [-0.39, 0.29) is 10.6 Å². The highest BCUT2D eigenvalue weighted by atomic mass is 16.6. The van der Waals surface area contributed by atoms with Crippen molar-refractivity contribution >= 4 is 16.9 Å². The van der Waals surface area contributed by atoms with Crippen molar-refractivity contribution < 1.29 is 4.92 Å². The van der Waals surface area contributed by atoms with Crippen molar-refractivity contribution in [3.8, 4) is 11.1 Å². The van der Waals surface area contributed by atoms with Crippen molar-refractivity contribution in [3.63, 3.8) is 0 Å². The van der Waals surface area contributed by atoms with Gasteiger partial charge in [-0.25, -0.2) is 9.97 Å². The zero-order valence-electron chi connectivity index (χ0n) is 13.2. The van der Waals surface area contributed by atoms with Crippen LogP contribution < -0.4 is 0 Å². The minimum atomic E-state index is -0.362. The molecule has 2 aromatic heterocycles. The van der Waals surface area contributed by atoms with Gasteiger partial charge in [0.05, 0.1) is 16.0 Å². The number of nitrogens with zero attached hydrogens (tertiary/aromatic N) is 3. The number of unbranched alkanes of at least 4 members (excludes halogenated alkanes) is 1. The third-order valence-electron chi connectivity index (χ3n) is 3.87. The van der Waals surface area contributed by atoms with Crippen molar-refractivity contribution in [1.29, 1.82) is 0 Å². The van der Waals surface area contributed by atoms with E-state index in [0.717, 1.165) is 41.9 Å². The number of rotatable bonds is 5. The number of nitro benzene ring substituents is 1. The van der Waals surface area contributed by atoms with E-state index in [1.165, 1.54) is 6.07 Å². The number of nitrogens with one attached hydrogen (secondary N) is 1. The van der Waals surface area contributed by atoms with E-state index in [2.05, 4.69) is 21.9 Å². The van der Waals surface area contributed by atoms with E-state index in [4.69, 9.17) is 0 Å². The summed E-state index contributed by atoms with van der Waals surface area (Å²) in [6, 6.07) is 8.64. The summed E-state index contributed by atoms with van der Waals surface area (Å²) in [6.45, 7) is 3.99. The maximum atomic E-state index is 11.3. The molecule has 0 bridgehead atoms. The van der Waals surface area contributed by atoms with Crippen LogP contribution in [0.15, 0.2) is 30.3 Å². The summed E-state index contributed by atoms with van der Waals surface area (Å²) in [7, 11) is 0. The molecule has 0 atom stereocenters. The number of aromatic nitrogens is 3. The number of fused-ring (bicyclic) bond motifs is 1. The molecule has 118 valence electrons. The largest absolute Gasteiger partial charge is 0.341 e. The fourth-order valence-electron chi connectivity index (χ4n) is 2.68. The van der Waals surface area contributed by atoms with Crippen LogP contribution in [0.5, 0.6) is 0 Å². The number of aromatic amines is 1.